The second-order valence-corrected chi connectivity index (χ2v) is 4.77. The first-order valence-corrected chi connectivity index (χ1v) is 6.32. The Kier molecular flexibility index (Phi) is 2.88. The molecule has 0 radical (unpaired) electrons. The molecule has 0 fully saturated rings. The van der Waals surface area contributed by atoms with Crippen molar-refractivity contribution in [1.82, 2.24) is 4.98 Å². The lowest BCUT2D eigenvalue weighted by molar-refractivity contribution is 0.469. The second kappa shape index (κ2) is 4.69. The Morgan fingerprint density at radius 2 is 2.00 bits per heavy atom. The van der Waals surface area contributed by atoms with Crippen molar-refractivity contribution in [3.8, 4) is 5.75 Å². The van der Waals surface area contributed by atoms with Gasteiger partial charge in [0.25, 0.3) is 0 Å². The standard InChI is InChI=1S/C16H16N2O/c1-11-2-5-16(19)13(8-11)10-18-14-3-4-15-12(9-14)6-7-17-15/h2-9,17-19H,10H2,1H3. The smallest absolute Gasteiger partial charge is 0.120 e. The maximum atomic E-state index is 9.81. The predicted octanol–water partition coefficient (Wildman–Crippen LogP) is 3.79. The first-order valence-electron chi connectivity index (χ1n) is 6.32. The molecule has 3 N–H and O–H groups in total. The Bertz CT molecular complexity index is 716. The second-order valence-electron chi connectivity index (χ2n) is 4.77. The fourth-order valence-corrected chi connectivity index (χ4v) is 2.22. The number of hydrogen-bond donors (Lipinski definition) is 3. The fraction of sp³-hybridized carbons (Fsp3) is 0.125. The lowest BCUT2D eigenvalue weighted by Crippen LogP contribution is -1.99. The van der Waals surface area contributed by atoms with Crippen LogP contribution in [-0.4, -0.2) is 10.1 Å². The maximum absolute atomic E-state index is 9.81. The number of aromatic hydroxyl groups is 1. The third-order valence-corrected chi connectivity index (χ3v) is 3.27. The van der Waals surface area contributed by atoms with Gasteiger partial charge in [-0.15, -0.1) is 0 Å². The molecule has 3 nitrogen and oxygen atoms in total. The normalized spacial score (nSPS) is 10.8. The monoisotopic (exact) mass is 252 g/mol. The molecule has 0 aliphatic carbocycles. The molecule has 3 aromatic rings. The fourth-order valence-electron chi connectivity index (χ4n) is 2.22. The molecule has 19 heavy (non-hydrogen) atoms. The van der Waals surface area contributed by atoms with E-state index < -0.39 is 0 Å². The third kappa shape index (κ3) is 2.40. The molecule has 0 aliphatic heterocycles. The number of H-pyrrole nitrogens is 1. The van der Waals surface area contributed by atoms with E-state index in [9.17, 15) is 5.11 Å². The van der Waals surface area contributed by atoms with Crippen LogP contribution >= 0.6 is 0 Å². The summed E-state index contributed by atoms with van der Waals surface area (Å²) in [7, 11) is 0. The molecule has 0 amide bonds. The highest BCUT2D eigenvalue weighted by Gasteiger charge is 2.02. The van der Waals surface area contributed by atoms with E-state index in [1.54, 1.807) is 6.07 Å². The van der Waals surface area contributed by atoms with E-state index in [1.807, 2.05) is 43.5 Å². The summed E-state index contributed by atoms with van der Waals surface area (Å²) in [5.41, 5.74) is 4.24. The maximum Gasteiger partial charge on any atom is 0.120 e. The van der Waals surface area contributed by atoms with Crippen molar-refractivity contribution in [1.29, 1.82) is 0 Å². The largest absolute Gasteiger partial charge is 0.508 e. The highest BCUT2D eigenvalue weighted by atomic mass is 16.3. The van der Waals surface area contributed by atoms with Gasteiger partial charge < -0.3 is 15.4 Å². The van der Waals surface area contributed by atoms with Gasteiger partial charge in [-0.25, -0.2) is 0 Å². The quantitative estimate of drug-likeness (QED) is 0.664. The lowest BCUT2D eigenvalue weighted by atomic mass is 10.1. The van der Waals surface area contributed by atoms with Crippen molar-refractivity contribution in [2.75, 3.05) is 5.32 Å². The molecule has 0 unspecified atom stereocenters. The molecule has 1 heterocycles. The molecule has 1 aromatic heterocycles. The minimum atomic E-state index is 0.334. The van der Waals surface area contributed by atoms with Gasteiger partial charge in [0.2, 0.25) is 0 Å². The molecule has 0 bridgehead atoms. The van der Waals surface area contributed by atoms with Crippen LogP contribution in [0.1, 0.15) is 11.1 Å². The Labute approximate surface area is 111 Å². The van der Waals surface area contributed by atoms with Gasteiger partial charge >= 0.3 is 0 Å². The van der Waals surface area contributed by atoms with Crippen molar-refractivity contribution in [2.45, 2.75) is 13.5 Å². The average molecular weight is 252 g/mol. The average Bonchev–Trinajstić information content (AvgIpc) is 2.87. The molecule has 0 aliphatic rings. The first kappa shape index (κ1) is 11.7. The van der Waals surface area contributed by atoms with E-state index in [0.29, 0.717) is 12.3 Å². The number of fused-ring (bicyclic) bond motifs is 1. The van der Waals surface area contributed by atoms with Gasteiger partial charge in [0.15, 0.2) is 0 Å². The zero-order valence-corrected chi connectivity index (χ0v) is 10.8. The highest BCUT2D eigenvalue weighted by Crippen LogP contribution is 2.22. The van der Waals surface area contributed by atoms with Gasteiger partial charge in [0, 0.05) is 34.9 Å². The zero-order valence-electron chi connectivity index (χ0n) is 10.8. The van der Waals surface area contributed by atoms with E-state index in [0.717, 1.165) is 22.3 Å². The summed E-state index contributed by atoms with van der Waals surface area (Å²) in [5, 5.41) is 14.3. The topological polar surface area (TPSA) is 48.0 Å². The number of rotatable bonds is 3. The van der Waals surface area contributed by atoms with Crippen LogP contribution in [0.5, 0.6) is 5.75 Å². The van der Waals surface area contributed by atoms with Gasteiger partial charge in [0.1, 0.15) is 5.75 Å². The minimum absolute atomic E-state index is 0.334. The van der Waals surface area contributed by atoms with Gasteiger partial charge in [-0.3, -0.25) is 0 Å². The molecule has 0 spiro atoms. The van der Waals surface area contributed by atoms with E-state index in [-0.39, 0.29) is 0 Å². The molecule has 96 valence electrons. The lowest BCUT2D eigenvalue weighted by Gasteiger charge is -2.09. The van der Waals surface area contributed by atoms with Crippen molar-refractivity contribution >= 4 is 16.6 Å². The summed E-state index contributed by atoms with van der Waals surface area (Å²) < 4.78 is 0. The third-order valence-electron chi connectivity index (χ3n) is 3.27. The number of aromatic nitrogens is 1. The molecule has 2 aromatic carbocycles. The van der Waals surface area contributed by atoms with Crippen molar-refractivity contribution in [3.05, 3.63) is 59.8 Å². The predicted molar refractivity (Wildman–Crippen MR) is 78.5 cm³/mol. The summed E-state index contributed by atoms with van der Waals surface area (Å²) in [6, 6.07) is 13.9. The Hall–Kier alpha value is -2.42. The van der Waals surface area contributed by atoms with Crippen LogP contribution in [-0.2, 0) is 6.54 Å². The van der Waals surface area contributed by atoms with Crippen LogP contribution in [0.25, 0.3) is 10.9 Å². The van der Waals surface area contributed by atoms with E-state index in [2.05, 4.69) is 16.4 Å². The van der Waals surface area contributed by atoms with Crippen molar-refractivity contribution in [3.63, 3.8) is 0 Å². The summed E-state index contributed by atoms with van der Waals surface area (Å²) in [6.45, 7) is 2.64. The van der Waals surface area contributed by atoms with Crippen molar-refractivity contribution in [2.24, 2.45) is 0 Å². The van der Waals surface area contributed by atoms with E-state index in [4.69, 9.17) is 0 Å². The molecule has 0 saturated carbocycles. The van der Waals surface area contributed by atoms with Crippen LogP contribution in [0.3, 0.4) is 0 Å². The number of aromatic amines is 1. The number of phenols is 1. The summed E-state index contributed by atoms with van der Waals surface area (Å²) in [5.74, 6) is 0.334. The molecule has 0 atom stereocenters. The number of aryl methyl sites for hydroxylation is 1. The molecular weight excluding hydrogens is 236 g/mol. The summed E-state index contributed by atoms with van der Waals surface area (Å²) in [6.07, 6.45) is 1.93. The molecule has 3 heteroatoms. The van der Waals surface area contributed by atoms with Crippen LogP contribution in [0, 0.1) is 6.92 Å². The van der Waals surface area contributed by atoms with Crippen molar-refractivity contribution < 1.29 is 5.11 Å². The van der Waals surface area contributed by atoms with Crippen LogP contribution in [0.2, 0.25) is 0 Å². The van der Waals surface area contributed by atoms with E-state index in [1.165, 1.54) is 5.39 Å². The first-order chi connectivity index (χ1) is 9.22. The Morgan fingerprint density at radius 1 is 1.11 bits per heavy atom. The van der Waals surface area contributed by atoms with Crippen LogP contribution in [0.15, 0.2) is 48.7 Å². The molecular formula is C16H16N2O. The number of nitrogens with one attached hydrogen (secondary N) is 2. The Balaban J connectivity index is 1.79. The summed E-state index contributed by atoms with van der Waals surface area (Å²) >= 11 is 0. The van der Waals surface area contributed by atoms with Gasteiger partial charge in [-0.2, -0.15) is 0 Å². The Morgan fingerprint density at radius 3 is 2.89 bits per heavy atom. The molecule has 3 rings (SSSR count). The van der Waals surface area contributed by atoms with Gasteiger partial charge in [0.05, 0.1) is 0 Å². The number of benzene rings is 2. The van der Waals surface area contributed by atoms with E-state index >= 15 is 0 Å². The summed E-state index contributed by atoms with van der Waals surface area (Å²) in [4.78, 5) is 3.17. The zero-order chi connectivity index (χ0) is 13.2. The highest BCUT2D eigenvalue weighted by molar-refractivity contribution is 5.82. The number of phenolic OH excluding ortho intramolecular Hbond substituents is 1. The van der Waals surface area contributed by atoms with Crippen LogP contribution < -0.4 is 5.32 Å². The van der Waals surface area contributed by atoms with Gasteiger partial charge in [-0.1, -0.05) is 17.7 Å². The SMILES string of the molecule is Cc1ccc(O)c(CNc2ccc3[nH]ccc3c2)c1. The molecule has 0 saturated heterocycles. The van der Waals surface area contributed by atoms with Gasteiger partial charge in [-0.05, 0) is 37.3 Å². The minimum Gasteiger partial charge on any atom is -0.508 e. The van der Waals surface area contributed by atoms with Crippen LogP contribution in [0.4, 0.5) is 5.69 Å². The number of anilines is 1. The number of hydrogen-bond acceptors (Lipinski definition) is 2.